The zero-order valence-electron chi connectivity index (χ0n) is 20.7. The number of hydrogen-bond donors (Lipinski definition) is 5. The Bertz CT molecular complexity index is 1540. The first-order valence-corrected chi connectivity index (χ1v) is 13.2. The second-order valence-electron chi connectivity index (χ2n) is 9.53. The highest BCUT2D eigenvalue weighted by atomic mass is 32.1. The van der Waals surface area contributed by atoms with Gasteiger partial charge in [-0.1, -0.05) is 0 Å². The van der Waals surface area contributed by atoms with E-state index in [4.69, 9.17) is 19.4 Å². The summed E-state index contributed by atoms with van der Waals surface area (Å²) in [4.78, 5) is 22.7. The Kier molecular flexibility index (Phi) is 6.40. The van der Waals surface area contributed by atoms with E-state index in [9.17, 15) is 15.3 Å². The molecular formula is C26H27N7O4S. The van der Waals surface area contributed by atoms with Crippen molar-refractivity contribution in [2.75, 3.05) is 17.2 Å². The maximum atomic E-state index is 10.7. The number of pyridine rings is 2. The summed E-state index contributed by atoms with van der Waals surface area (Å²) in [5, 5.41) is 38.0. The van der Waals surface area contributed by atoms with E-state index >= 15 is 0 Å². The van der Waals surface area contributed by atoms with Gasteiger partial charge in [0, 0.05) is 31.0 Å². The fourth-order valence-electron chi connectivity index (χ4n) is 4.88. The van der Waals surface area contributed by atoms with Gasteiger partial charge in [0.05, 0.1) is 40.3 Å². The molecule has 1 aliphatic carbocycles. The minimum Gasteiger partial charge on any atom is -0.457 e. The summed E-state index contributed by atoms with van der Waals surface area (Å²) < 4.78 is 6.93. The van der Waals surface area contributed by atoms with Crippen LogP contribution in [-0.4, -0.2) is 65.1 Å². The molecule has 2 unspecified atom stereocenters. The average Bonchev–Trinajstić information content (AvgIpc) is 3.60. The first-order chi connectivity index (χ1) is 18.4. The predicted molar refractivity (Wildman–Crippen MR) is 144 cm³/mol. The number of hydrogen-bond acceptors (Lipinski definition) is 12. The highest BCUT2D eigenvalue weighted by molar-refractivity contribution is 7.21. The number of fused-ring (bicyclic) bond motifs is 2. The van der Waals surface area contributed by atoms with Gasteiger partial charge in [0.15, 0.2) is 5.58 Å². The Morgan fingerprint density at radius 1 is 1.13 bits per heavy atom. The van der Waals surface area contributed by atoms with Crippen molar-refractivity contribution in [3.63, 3.8) is 0 Å². The Balaban J connectivity index is 1.37. The quantitative estimate of drug-likeness (QED) is 0.209. The summed E-state index contributed by atoms with van der Waals surface area (Å²) in [6.07, 6.45) is 3.44. The molecule has 12 heteroatoms. The number of thiazole rings is 1. The molecule has 5 atom stereocenters. The lowest BCUT2D eigenvalue weighted by Crippen LogP contribution is -2.35. The predicted octanol–water partition coefficient (Wildman–Crippen LogP) is 3.29. The van der Waals surface area contributed by atoms with Crippen LogP contribution in [0.2, 0.25) is 0 Å². The molecule has 5 aromatic rings. The second kappa shape index (κ2) is 9.87. The molecule has 0 amide bonds. The van der Waals surface area contributed by atoms with E-state index in [0.717, 1.165) is 15.7 Å². The molecule has 11 nitrogen and oxygen atoms in total. The number of nitrogens with one attached hydrogen (secondary N) is 2. The maximum absolute atomic E-state index is 10.7. The van der Waals surface area contributed by atoms with Crippen LogP contribution in [0.25, 0.3) is 31.9 Å². The van der Waals surface area contributed by atoms with E-state index in [2.05, 4.69) is 20.6 Å². The van der Waals surface area contributed by atoms with Crippen LogP contribution in [0, 0.1) is 12.8 Å². The summed E-state index contributed by atoms with van der Waals surface area (Å²) in [6, 6.07) is 6.71. The van der Waals surface area contributed by atoms with Gasteiger partial charge in [-0.2, -0.15) is 4.98 Å². The Morgan fingerprint density at radius 3 is 2.76 bits per heavy atom. The summed E-state index contributed by atoms with van der Waals surface area (Å²) in [5.41, 5.74) is 3.62. The number of anilines is 2. The van der Waals surface area contributed by atoms with E-state index in [0.29, 0.717) is 45.8 Å². The maximum Gasteiger partial charge on any atom is 0.225 e. The molecule has 1 aliphatic rings. The molecule has 0 saturated heterocycles. The topological polar surface area (TPSA) is 162 Å². The van der Waals surface area contributed by atoms with E-state index < -0.39 is 24.2 Å². The normalized spacial score (nSPS) is 22.2. The van der Waals surface area contributed by atoms with Crippen molar-refractivity contribution >= 4 is 44.4 Å². The van der Waals surface area contributed by atoms with Crippen molar-refractivity contribution in [2.24, 2.45) is 5.92 Å². The summed E-state index contributed by atoms with van der Waals surface area (Å²) in [6.45, 7) is 3.61. The first kappa shape index (κ1) is 24.6. The molecule has 6 rings (SSSR count). The number of furan rings is 1. The third kappa shape index (κ3) is 4.45. The third-order valence-electron chi connectivity index (χ3n) is 6.93. The van der Waals surface area contributed by atoms with Crippen molar-refractivity contribution in [1.82, 2.24) is 24.9 Å². The number of aliphatic hydroxyl groups is 3. The minimum absolute atomic E-state index is 0.215. The molecule has 5 aromatic heterocycles. The van der Waals surface area contributed by atoms with E-state index in [1.165, 1.54) is 11.3 Å². The standard InChI is InChI=1S/C26H27N7O4S/c1-12(19-9-15-18(37-19)4-3-6-28-15)29-26-30-13(2)21(25-32-17-10-27-7-5-20(17)38-25)24(33-26)31-16-8-14(11-34)22(35)23(16)36/h3-7,9-10,12,14,16,22-23,34-36H,8,11H2,1-2H3,(H2,29,30,31,33)/t12?,14-,16?,22-,23+/m1/s1. The van der Waals surface area contributed by atoms with Crippen molar-refractivity contribution in [2.45, 2.75) is 44.6 Å². The molecule has 5 heterocycles. The smallest absolute Gasteiger partial charge is 0.225 e. The van der Waals surface area contributed by atoms with Gasteiger partial charge in [-0.3, -0.25) is 9.97 Å². The van der Waals surface area contributed by atoms with Gasteiger partial charge in [0.2, 0.25) is 5.95 Å². The Labute approximate surface area is 221 Å². The monoisotopic (exact) mass is 533 g/mol. The zero-order chi connectivity index (χ0) is 26.4. The largest absolute Gasteiger partial charge is 0.457 e. The van der Waals surface area contributed by atoms with Gasteiger partial charge in [-0.25, -0.2) is 9.97 Å². The van der Waals surface area contributed by atoms with Crippen molar-refractivity contribution in [3.05, 3.63) is 54.3 Å². The van der Waals surface area contributed by atoms with Crippen LogP contribution in [0.1, 0.15) is 30.8 Å². The van der Waals surface area contributed by atoms with Crippen LogP contribution < -0.4 is 10.6 Å². The molecule has 196 valence electrons. The van der Waals surface area contributed by atoms with Crippen LogP contribution in [-0.2, 0) is 0 Å². The molecule has 0 bridgehead atoms. The number of aryl methyl sites for hydroxylation is 1. The van der Waals surface area contributed by atoms with Crippen LogP contribution in [0.3, 0.4) is 0 Å². The van der Waals surface area contributed by atoms with Crippen molar-refractivity contribution < 1.29 is 19.7 Å². The fourth-order valence-corrected chi connectivity index (χ4v) is 5.91. The molecule has 1 fully saturated rings. The number of aliphatic hydroxyl groups excluding tert-OH is 3. The van der Waals surface area contributed by atoms with Crippen molar-refractivity contribution in [1.29, 1.82) is 0 Å². The van der Waals surface area contributed by atoms with E-state index in [1.807, 2.05) is 38.1 Å². The number of nitrogens with zero attached hydrogens (tertiary/aromatic N) is 5. The van der Waals surface area contributed by atoms with Gasteiger partial charge in [0.1, 0.15) is 33.7 Å². The zero-order valence-corrected chi connectivity index (χ0v) is 21.6. The van der Waals surface area contributed by atoms with Gasteiger partial charge in [-0.05, 0) is 38.5 Å². The summed E-state index contributed by atoms with van der Waals surface area (Å²) in [7, 11) is 0. The molecule has 0 spiro atoms. The molecular weight excluding hydrogens is 506 g/mol. The van der Waals surface area contributed by atoms with Crippen LogP contribution in [0.15, 0.2) is 47.3 Å². The first-order valence-electron chi connectivity index (χ1n) is 12.4. The molecule has 0 aromatic carbocycles. The van der Waals surface area contributed by atoms with Crippen LogP contribution in [0.5, 0.6) is 0 Å². The lowest BCUT2D eigenvalue weighted by Gasteiger charge is -2.22. The van der Waals surface area contributed by atoms with Gasteiger partial charge in [0.25, 0.3) is 0 Å². The summed E-state index contributed by atoms with van der Waals surface area (Å²) >= 11 is 1.50. The summed E-state index contributed by atoms with van der Waals surface area (Å²) in [5.74, 6) is 1.10. The van der Waals surface area contributed by atoms with Crippen molar-refractivity contribution in [3.8, 4) is 10.6 Å². The molecule has 38 heavy (non-hydrogen) atoms. The van der Waals surface area contributed by atoms with Gasteiger partial charge >= 0.3 is 0 Å². The molecule has 0 aliphatic heterocycles. The van der Waals surface area contributed by atoms with E-state index in [-0.39, 0.29) is 12.6 Å². The molecule has 0 radical (unpaired) electrons. The highest BCUT2D eigenvalue weighted by Crippen LogP contribution is 2.38. The average molecular weight is 534 g/mol. The molecule has 1 saturated carbocycles. The lowest BCUT2D eigenvalue weighted by atomic mass is 10.1. The fraction of sp³-hybridized carbons (Fsp3) is 0.346. The SMILES string of the molecule is Cc1nc(NC(C)c2cc3ncccc3o2)nc(NC2C[C@H](CO)[C@@H](O)[C@H]2O)c1-c1nc2cnccc2s1. The minimum atomic E-state index is -1.06. The second-order valence-corrected chi connectivity index (χ2v) is 10.6. The van der Waals surface area contributed by atoms with E-state index in [1.54, 1.807) is 18.6 Å². The highest BCUT2D eigenvalue weighted by Gasteiger charge is 2.41. The Morgan fingerprint density at radius 2 is 2.00 bits per heavy atom. The third-order valence-corrected chi connectivity index (χ3v) is 7.98. The van der Waals surface area contributed by atoms with Crippen LogP contribution >= 0.6 is 11.3 Å². The number of rotatable bonds is 7. The number of aromatic nitrogens is 5. The molecule has 5 N–H and O–H groups in total. The van der Waals surface area contributed by atoms with Gasteiger partial charge in [-0.15, -0.1) is 11.3 Å². The van der Waals surface area contributed by atoms with Gasteiger partial charge < -0.3 is 30.4 Å². The lowest BCUT2D eigenvalue weighted by molar-refractivity contribution is 0.00446. The van der Waals surface area contributed by atoms with Crippen LogP contribution in [0.4, 0.5) is 11.8 Å². The Hall–Kier alpha value is -3.71.